The predicted molar refractivity (Wildman–Crippen MR) is 95.6 cm³/mol. The number of hydrogen-bond acceptors (Lipinski definition) is 6. The number of aryl methyl sites for hydroxylation is 2. The number of thiazole rings is 1. The first kappa shape index (κ1) is 16.3. The van der Waals surface area contributed by atoms with Crippen molar-refractivity contribution < 1.29 is 8.42 Å². The van der Waals surface area contributed by atoms with Crippen molar-refractivity contribution in [2.75, 3.05) is 42.2 Å². The van der Waals surface area contributed by atoms with Gasteiger partial charge in [-0.05, 0) is 38.1 Å². The molecule has 0 amide bonds. The van der Waals surface area contributed by atoms with Gasteiger partial charge in [0.15, 0.2) is 15.0 Å². The second-order valence-corrected chi connectivity index (χ2v) is 9.08. The minimum atomic E-state index is -3.13. The topological polar surface area (TPSA) is 53.5 Å². The number of anilines is 2. The van der Waals surface area contributed by atoms with Gasteiger partial charge < -0.3 is 9.80 Å². The maximum absolute atomic E-state index is 11.5. The Morgan fingerprint density at radius 2 is 1.57 bits per heavy atom. The maximum Gasteiger partial charge on any atom is 0.185 e. The number of hydrogen-bond donors (Lipinski definition) is 0. The van der Waals surface area contributed by atoms with Gasteiger partial charge in [-0.25, -0.2) is 13.4 Å². The molecule has 23 heavy (non-hydrogen) atoms. The van der Waals surface area contributed by atoms with Crippen LogP contribution in [0.5, 0.6) is 0 Å². The molecule has 0 unspecified atom stereocenters. The summed E-state index contributed by atoms with van der Waals surface area (Å²) in [5.74, 6) is 0. The lowest BCUT2D eigenvalue weighted by atomic mass is 10.2. The van der Waals surface area contributed by atoms with Crippen molar-refractivity contribution in [3.8, 4) is 0 Å². The van der Waals surface area contributed by atoms with Crippen molar-refractivity contribution in [1.29, 1.82) is 0 Å². The first-order valence-corrected chi connectivity index (χ1v) is 10.3. The van der Waals surface area contributed by atoms with Gasteiger partial charge in [0, 0.05) is 43.0 Å². The van der Waals surface area contributed by atoms with Crippen LogP contribution in [0.4, 0.5) is 10.8 Å². The Labute approximate surface area is 141 Å². The quantitative estimate of drug-likeness (QED) is 0.850. The molecule has 0 aliphatic carbocycles. The molecule has 0 atom stereocenters. The summed E-state index contributed by atoms with van der Waals surface area (Å²) in [4.78, 5) is 10.9. The van der Waals surface area contributed by atoms with E-state index in [1.54, 1.807) is 23.5 Å². The third-order valence-electron chi connectivity index (χ3n) is 4.20. The zero-order valence-corrected chi connectivity index (χ0v) is 15.2. The monoisotopic (exact) mass is 351 g/mol. The molecule has 1 aliphatic heterocycles. The van der Waals surface area contributed by atoms with E-state index in [0.29, 0.717) is 4.90 Å². The molecule has 0 saturated carbocycles. The second-order valence-electron chi connectivity index (χ2n) is 5.88. The summed E-state index contributed by atoms with van der Waals surface area (Å²) in [5, 5.41) is 1.10. The van der Waals surface area contributed by atoms with Gasteiger partial charge in [0.2, 0.25) is 0 Å². The fraction of sp³-hybridized carbons (Fsp3) is 0.438. The Balaban J connectivity index is 1.67. The van der Waals surface area contributed by atoms with Crippen molar-refractivity contribution in [2.45, 2.75) is 18.7 Å². The van der Waals surface area contributed by atoms with Crippen LogP contribution in [0.1, 0.15) is 10.6 Å². The highest BCUT2D eigenvalue weighted by Crippen LogP contribution is 2.27. The Morgan fingerprint density at radius 1 is 1.00 bits per heavy atom. The maximum atomic E-state index is 11.5. The Hall–Kier alpha value is -1.60. The number of sulfone groups is 1. The van der Waals surface area contributed by atoms with Crippen molar-refractivity contribution in [3.63, 3.8) is 0 Å². The van der Waals surface area contributed by atoms with Gasteiger partial charge in [0.05, 0.1) is 10.6 Å². The first-order chi connectivity index (χ1) is 10.8. The molecule has 0 spiro atoms. The van der Waals surface area contributed by atoms with Crippen LogP contribution in [0.2, 0.25) is 0 Å². The molecule has 3 rings (SSSR count). The lowest BCUT2D eigenvalue weighted by Crippen LogP contribution is -2.46. The van der Waals surface area contributed by atoms with Crippen molar-refractivity contribution in [2.24, 2.45) is 0 Å². The lowest BCUT2D eigenvalue weighted by molar-refractivity contribution is 0.602. The average Bonchev–Trinajstić information content (AvgIpc) is 2.86. The third kappa shape index (κ3) is 3.50. The summed E-state index contributed by atoms with van der Waals surface area (Å²) < 4.78 is 23.0. The van der Waals surface area contributed by atoms with E-state index >= 15 is 0 Å². The molecule has 1 fully saturated rings. The molecule has 124 valence electrons. The van der Waals surface area contributed by atoms with E-state index in [1.807, 2.05) is 12.1 Å². The van der Waals surface area contributed by atoms with Gasteiger partial charge in [-0.3, -0.25) is 0 Å². The Morgan fingerprint density at radius 3 is 2.04 bits per heavy atom. The minimum Gasteiger partial charge on any atom is -0.368 e. The molecule has 5 nitrogen and oxygen atoms in total. The first-order valence-electron chi connectivity index (χ1n) is 7.58. The van der Waals surface area contributed by atoms with Crippen LogP contribution in [-0.2, 0) is 9.84 Å². The van der Waals surface area contributed by atoms with E-state index in [1.165, 1.54) is 11.1 Å². The molecular formula is C16H21N3O2S2. The molecule has 1 aromatic carbocycles. The van der Waals surface area contributed by atoms with Crippen LogP contribution >= 0.6 is 11.3 Å². The SMILES string of the molecule is Cc1nc(N2CCN(c3ccc(S(C)(=O)=O)cc3)CC2)sc1C. The zero-order chi connectivity index (χ0) is 16.6. The van der Waals surface area contributed by atoms with Crippen LogP contribution < -0.4 is 9.80 Å². The zero-order valence-electron chi connectivity index (χ0n) is 13.6. The summed E-state index contributed by atoms with van der Waals surface area (Å²) in [5.41, 5.74) is 2.19. The van der Waals surface area contributed by atoms with Crippen molar-refractivity contribution in [3.05, 3.63) is 34.8 Å². The summed E-state index contributed by atoms with van der Waals surface area (Å²) in [6, 6.07) is 7.16. The van der Waals surface area contributed by atoms with Gasteiger partial charge in [-0.15, -0.1) is 11.3 Å². The standard InChI is InChI=1S/C16H21N3O2S2/c1-12-13(2)22-16(17-12)19-10-8-18(9-11-19)14-4-6-15(7-5-14)23(3,20)21/h4-7H,8-11H2,1-3H3. The van der Waals surface area contributed by atoms with Crippen LogP contribution in [0, 0.1) is 13.8 Å². The number of piperazine rings is 1. The van der Waals surface area contributed by atoms with Crippen molar-refractivity contribution in [1.82, 2.24) is 4.98 Å². The highest BCUT2D eigenvalue weighted by molar-refractivity contribution is 7.90. The molecule has 2 heterocycles. The van der Waals surface area contributed by atoms with Gasteiger partial charge >= 0.3 is 0 Å². The lowest BCUT2D eigenvalue weighted by Gasteiger charge is -2.36. The summed E-state index contributed by atoms with van der Waals surface area (Å²) in [6.45, 7) is 7.84. The minimum absolute atomic E-state index is 0.369. The van der Waals surface area contributed by atoms with E-state index in [-0.39, 0.29) is 0 Å². The van der Waals surface area contributed by atoms with Gasteiger partial charge in [-0.1, -0.05) is 0 Å². The summed E-state index contributed by atoms with van der Waals surface area (Å²) in [7, 11) is -3.13. The highest BCUT2D eigenvalue weighted by atomic mass is 32.2. The number of nitrogens with zero attached hydrogens (tertiary/aromatic N) is 3. The van der Waals surface area contributed by atoms with E-state index in [9.17, 15) is 8.42 Å². The summed E-state index contributed by atoms with van der Waals surface area (Å²) in [6.07, 6.45) is 1.23. The average molecular weight is 351 g/mol. The third-order valence-corrected chi connectivity index (χ3v) is 6.46. The number of aromatic nitrogens is 1. The fourth-order valence-corrected chi connectivity index (χ4v) is 4.24. The molecule has 0 bridgehead atoms. The van der Waals surface area contributed by atoms with Crippen LogP contribution in [-0.4, -0.2) is 45.8 Å². The molecule has 1 aromatic heterocycles. The molecule has 0 N–H and O–H groups in total. The van der Waals surface area contributed by atoms with E-state index in [2.05, 4.69) is 28.6 Å². The molecule has 0 radical (unpaired) electrons. The fourth-order valence-electron chi connectivity index (χ4n) is 2.65. The molecular weight excluding hydrogens is 330 g/mol. The van der Waals surface area contributed by atoms with E-state index in [4.69, 9.17) is 0 Å². The van der Waals surface area contributed by atoms with Crippen LogP contribution in [0.15, 0.2) is 29.2 Å². The molecule has 1 saturated heterocycles. The predicted octanol–water partition coefficient (Wildman–Crippen LogP) is 2.49. The molecule has 7 heteroatoms. The molecule has 2 aromatic rings. The van der Waals surface area contributed by atoms with E-state index in [0.717, 1.165) is 42.7 Å². The number of benzene rings is 1. The largest absolute Gasteiger partial charge is 0.368 e. The van der Waals surface area contributed by atoms with Crippen LogP contribution in [0.3, 0.4) is 0 Å². The molecule has 1 aliphatic rings. The van der Waals surface area contributed by atoms with Gasteiger partial charge in [-0.2, -0.15) is 0 Å². The highest BCUT2D eigenvalue weighted by Gasteiger charge is 2.20. The summed E-state index contributed by atoms with van der Waals surface area (Å²) >= 11 is 1.75. The van der Waals surface area contributed by atoms with E-state index < -0.39 is 9.84 Å². The Kier molecular flexibility index (Phi) is 4.33. The second kappa shape index (κ2) is 6.13. The number of rotatable bonds is 3. The van der Waals surface area contributed by atoms with Crippen molar-refractivity contribution >= 4 is 32.0 Å². The van der Waals surface area contributed by atoms with Gasteiger partial charge in [0.1, 0.15) is 0 Å². The normalized spacial score (nSPS) is 16.0. The Bertz CT molecular complexity index is 770. The smallest absolute Gasteiger partial charge is 0.185 e. The van der Waals surface area contributed by atoms with Gasteiger partial charge in [0.25, 0.3) is 0 Å². The van der Waals surface area contributed by atoms with Crippen LogP contribution in [0.25, 0.3) is 0 Å².